The predicted molar refractivity (Wildman–Crippen MR) is 100 cm³/mol. The number of carbonyl (C=O) groups excluding carboxylic acids is 1. The van der Waals surface area contributed by atoms with Crippen molar-refractivity contribution in [3.05, 3.63) is 46.2 Å². The van der Waals surface area contributed by atoms with Gasteiger partial charge in [0, 0.05) is 6.20 Å². The number of ether oxygens (including phenoxy) is 1. The van der Waals surface area contributed by atoms with E-state index in [9.17, 15) is 13.6 Å². The van der Waals surface area contributed by atoms with E-state index in [1.165, 1.54) is 16.9 Å². The van der Waals surface area contributed by atoms with E-state index in [-0.39, 0.29) is 27.5 Å². The number of rotatable bonds is 5. The lowest BCUT2D eigenvalue weighted by molar-refractivity contribution is 0.145. The van der Waals surface area contributed by atoms with Crippen molar-refractivity contribution >= 4 is 45.8 Å². The molecule has 0 atom stereocenters. The molecule has 0 aliphatic carbocycles. The van der Waals surface area contributed by atoms with Crippen LogP contribution in [0, 0.1) is 0 Å². The second kappa shape index (κ2) is 8.20. The van der Waals surface area contributed by atoms with Crippen LogP contribution in [0.5, 0.6) is 0 Å². The van der Waals surface area contributed by atoms with Crippen molar-refractivity contribution in [3.63, 3.8) is 0 Å². The van der Waals surface area contributed by atoms with Crippen molar-refractivity contribution < 1.29 is 18.3 Å². The minimum Gasteiger partial charge on any atom is -0.450 e. The zero-order chi connectivity index (χ0) is 19.6. The van der Waals surface area contributed by atoms with Crippen LogP contribution in [0.3, 0.4) is 0 Å². The van der Waals surface area contributed by atoms with E-state index in [0.717, 1.165) is 11.3 Å². The van der Waals surface area contributed by atoms with Gasteiger partial charge in [0.1, 0.15) is 11.4 Å². The Morgan fingerprint density at radius 3 is 2.70 bits per heavy atom. The number of thiazole rings is 1. The van der Waals surface area contributed by atoms with E-state index in [0.29, 0.717) is 10.6 Å². The summed E-state index contributed by atoms with van der Waals surface area (Å²) < 4.78 is 32.5. The first kappa shape index (κ1) is 19.5. The van der Waals surface area contributed by atoms with E-state index in [4.69, 9.17) is 27.9 Å². The molecule has 0 fully saturated rings. The number of benzene rings is 1. The molecule has 2 heterocycles. The molecule has 2 aromatic heterocycles. The Balaban J connectivity index is 2.06. The van der Waals surface area contributed by atoms with Crippen molar-refractivity contribution in [3.8, 4) is 16.3 Å². The maximum Gasteiger partial charge on any atom is 0.413 e. The zero-order valence-corrected chi connectivity index (χ0v) is 16.1. The molecule has 1 N–H and O–H groups in total. The van der Waals surface area contributed by atoms with Crippen molar-refractivity contribution in [2.45, 2.75) is 13.3 Å². The number of hydrogen-bond donors (Lipinski definition) is 1. The average molecular weight is 433 g/mol. The van der Waals surface area contributed by atoms with Crippen molar-refractivity contribution in [2.75, 3.05) is 11.9 Å². The lowest BCUT2D eigenvalue weighted by Crippen LogP contribution is -2.12. The minimum atomic E-state index is -2.78. The summed E-state index contributed by atoms with van der Waals surface area (Å²) >= 11 is 13.5. The molecule has 0 saturated carbocycles. The first-order valence-electron chi connectivity index (χ1n) is 7.63. The predicted octanol–water partition coefficient (Wildman–Crippen LogP) is 5.81. The molecule has 142 valence electrons. The van der Waals surface area contributed by atoms with E-state index in [1.54, 1.807) is 25.1 Å². The molecular formula is C16H12Cl2F2N4O2S. The smallest absolute Gasteiger partial charge is 0.413 e. The van der Waals surface area contributed by atoms with Crippen LogP contribution in [0.15, 0.2) is 30.5 Å². The Bertz CT molecular complexity index is 957. The second-order valence-corrected chi connectivity index (χ2v) is 6.96. The van der Waals surface area contributed by atoms with Gasteiger partial charge in [0.2, 0.25) is 0 Å². The summed E-state index contributed by atoms with van der Waals surface area (Å²) in [7, 11) is 0. The summed E-state index contributed by atoms with van der Waals surface area (Å²) in [5, 5.41) is 7.16. The molecule has 0 radical (unpaired) electrons. The van der Waals surface area contributed by atoms with Gasteiger partial charge in [0.25, 0.3) is 6.43 Å². The lowest BCUT2D eigenvalue weighted by atomic mass is 10.3. The highest BCUT2D eigenvalue weighted by Gasteiger charge is 2.22. The molecule has 0 bridgehead atoms. The van der Waals surface area contributed by atoms with Gasteiger partial charge < -0.3 is 4.74 Å². The molecule has 0 unspecified atom stereocenters. The maximum absolute atomic E-state index is 13.2. The van der Waals surface area contributed by atoms with Gasteiger partial charge in [0.05, 0.1) is 27.2 Å². The number of anilines is 1. The highest BCUT2D eigenvalue weighted by Crippen LogP contribution is 2.37. The molecule has 3 aromatic rings. The molecule has 0 saturated heterocycles. The van der Waals surface area contributed by atoms with Gasteiger partial charge >= 0.3 is 6.09 Å². The summed E-state index contributed by atoms with van der Waals surface area (Å²) in [5.41, 5.74) is 0.153. The third-order valence-corrected chi connectivity index (χ3v) is 4.89. The minimum absolute atomic E-state index is 0.208. The summed E-state index contributed by atoms with van der Waals surface area (Å²) in [6, 6.07) is 6.03. The van der Waals surface area contributed by atoms with Gasteiger partial charge in [-0.05, 0) is 25.1 Å². The van der Waals surface area contributed by atoms with Gasteiger partial charge in [-0.2, -0.15) is 5.10 Å². The standard InChI is InChI=1S/C16H12Cl2F2N4O2S/c1-2-26-16(25)22-15-21-7-12(27-15)11-6-10(14(19)20)23-24(11)13-8(17)4-3-5-9(13)18/h3-7,14H,2H2,1H3,(H,21,22,25). The van der Waals surface area contributed by atoms with Crippen LogP contribution in [0.25, 0.3) is 16.3 Å². The Labute approximate surface area is 166 Å². The Hall–Kier alpha value is -2.23. The molecule has 1 amide bonds. The number of aromatic nitrogens is 3. The van der Waals surface area contributed by atoms with E-state index in [2.05, 4.69) is 15.4 Å². The SMILES string of the molecule is CCOC(=O)Nc1ncc(-c2cc(C(F)F)nn2-c2c(Cl)cccc2Cl)s1. The number of nitrogens with zero attached hydrogens (tertiary/aromatic N) is 3. The second-order valence-electron chi connectivity index (χ2n) is 5.11. The number of hydrogen-bond acceptors (Lipinski definition) is 5. The van der Waals surface area contributed by atoms with Gasteiger partial charge in [-0.25, -0.2) is 23.2 Å². The fourth-order valence-electron chi connectivity index (χ4n) is 2.25. The Kier molecular flexibility index (Phi) is 5.93. The highest BCUT2D eigenvalue weighted by molar-refractivity contribution is 7.19. The van der Waals surface area contributed by atoms with Crippen LogP contribution in [0.4, 0.5) is 18.7 Å². The van der Waals surface area contributed by atoms with E-state index >= 15 is 0 Å². The zero-order valence-electron chi connectivity index (χ0n) is 13.7. The van der Waals surface area contributed by atoms with Crippen molar-refractivity contribution in [1.29, 1.82) is 0 Å². The molecule has 3 rings (SSSR count). The van der Waals surface area contributed by atoms with Crippen LogP contribution in [0.1, 0.15) is 19.0 Å². The van der Waals surface area contributed by atoms with Gasteiger partial charge in [-0.1, -0.05) is 40.6 Å². The third kappa shape index (κ3) is 4.20. The van der Waals surface area contributed by atoms with E-state index < -0.39 is 18.2 Å². The number of nitrogens with one attached hydrogen (secondary N) is 1. The first-order valence-corrected chi connectivity index (χ1v) is 9.20. The molecule has 0 aliphatic rings. The summed E-state index contributed by atoms with van der Waals surface area (Å²) in [4.78, 5) is 16.1. The van der Waals surface area contributed by atoms with Crippen LogP contribution in [-0.4, -0.2) is 27.5 Å². The summed E-state index contributed by atoms with van der Waals surface area (Å²) in [6.07, 6.45) is -2.01. The fraction of sp³-hybridized carbons (Fsp3) is 0.188. The first-order chi connectivity index (χ1) is 12.9. The van der Waals surface area contributed by atoms with Crippen LogP contribution >= 0.6 is 34.5 Å². The maximum atomic E-state index is 13.2. The molecule has 0 aliphatic heterocycles. The van der Waals surface area contributed by atoms with Crippen LogP contribution in [0.2, 0.25) is 10.0 Å². The van der Waals surface area contributed by atoms with Gasteiger partial charge in [-0.3, -0.25) is 5.32 Å². The van der Waals surface area contributed by atoms with Gasteiger partial charge in [-0.15, -0.1) is 0 Å². The third-order valence-electron chi connectivity index (χ3n) is 3.34. The quantitative estimate of drug-likeness (QED) is 0.552. The lowest BCUT2D eigenvalue weighted by Gasteiger charge is -2.09. The number of carbonyl (C=O) groups is 1. The number of para-hydroxylation sites is 1. The molecule has 6 nitrogen and oxygen atoms in total. The van der Waals surface area contributed by atoms with Crippen molar-refractivity contribution in [1.82, 2.24) is 14.8 Å². The molecular weight excluding hydrogens is 421 g/mol. The fourth-order valence-corrected chi connectivity index (χ4v) is 3.61. The largest absolute Gasteiger partial charge is 0.450 e. The van der Waals surface area contributed by atoms with Gasteiger partial charge in [0.15, 0.2) is 5.13 Å². The summed E-state index contributed by atoms with van der Waals surface area (Å²) in [6.45, 7) is 1.88. The topological polar surface area (TPSA) is 69.0 Å². The van der Waals surface area contributed by atoms with Crippen LogP contribution in [-0.2, 0) is 4.74 Å². The number of alkyl halides is 2. The van der Waals surface area contributed by atoms with E-state index in [1.807, 2.05) is 0 Å². The molecule has 1 aromatic carbocycles. The normalized spacial score (nSPS) is 11.0. The van der Waals surface area contributed by atoms with Crippen molar-refractivity contribution in [2.24, 2.45) is 0 Å². The summed E-state index contributed by atoms with van der Waals surface area (Å²) in [5.74, 6) is 0. The molecule has 11 heteroatoms. The molecule has 0 spiro atoms. The Morgan fingerprint density at radius 2 is 2.07 bits per heavy atom. The monoisotopic (exact) mass is 432 g/mol. The number of amides is 1. The highest BCUT2D eigenvalue weighted by atomic mass is 35.5. The average Bonchev–Trinajstić information content (AvgIpc) is 3.22. The Morgan fingerprint density at radius 1 is 1.37 bits per heavy atom. The number of halogens is 4. The van der Waals surface area contributed by atoms with Crippen LogP contribution < -0.4 is 5.32 Å². The molecule has 27 heavy (non-hydrogen) atoms.